The zero-order chi connectivity index (χ0) is 25.8. The molecule has 8 nitrogen and oxygen atoms in total. The summed E-state index contributed by atoms with van der Waals surface area (Å²) in [7, 11) is -2.54. The second-order valence-electron chi connectivity index (χ2n) is 8.21. The van der Waals surface area contributed by atoms with Crippen LogP contribution in [0.2, 0.25) is 0 Å². The van der Waals surface area contributed by atoms with Crippen molar-refractivity contribution >= 4 is 27.3 Å². The summed E-state index contributed by atoms with van der Waals surface area (Å²) in [5, 5.41) is 2.84. The number of anilines is 2. The summed E-state index contributed by atoms with van der Waals surface area (Å²) < 4.78 is 45.0. The maximum absolute atomic E-state index is 13.9. The molecule has 0 saturated carbocycles. The lowest BCUT2D eigenvalue weighted by atomic mass is 10.1. The molecule has 9 heteroatoms. The topological polar surface area (TPSA) is 94.2 Å². The van der Waals surface area contributed by atoms with Crippen molar-refractivity contribution in [3.05, 3.63) is 108 Å². The SMILES string of the molecule is COc1ccc(S(=O)(=O)N(Cc2ccccc2)c2ccccc2C(=O)Nc2ccc3c(c2)OCO3)cc1. The van der Waals surface area contributed by atoms with Gasteiger partial charge in [-0.1, -0.05) is 42.5 Å². The molecule has 1 heterocycles. The smallest absolute Gasteiger partial charge is 0.264 e. The third-order valence-electron chi connectivity index (χ3n) is 5.86. The van der Waals surface area contributed by atoms with Crippen molar-refractivity contribution in [2.24, 2.45) is 0 Å². The lowest BCUT2D eigenvalue weighted by molar-refractivity contribution is 0.102. The average molecular weight is 517 g/mol. The first-order valence-electron chi connectivity index (χ1n) is 11.5. The second kappa shape index (κ2) is 10.2. The van der Waals surface area contributed by atoms with E-state index in [9.17, 15) is 13.2 Å². The standard InChI is InChI=1S/C28H24N2O6S/c1-34-22-12-14-23(15-13-22)37(32,33)30(18-20-7-3-2-4-8-20)25-10-6-5-9-24(25)28(31)29-21-11-16-26-27(17-21)36-19-35-26/h2-17H,18-19H2,1H3,(H,29,31). The highest BCUT2D eigenvalue weighted by molar-refractivity contribution is 7.92. The maximum atomic E-state index is 13.9. The third kappa shape index (κ3) is 5.07. The molecule has 0 bridgehead atoms. The van der Waals surface area contributed by atoms with Gasteiger partial charge in [-0.25, -0.2) is 8.42 Å². The Balaban J connectivity index is 1.54. The minimum absolute atomic E-state index is 0.0313. The molecule has 0 fully saturated rings. The molecule has 0 unspecified atom stereocenters. The first kappa shape index (κ1) is 24.2. The molecule has 0 saturated heterocycles. The number of sulfonamides is 1. The van der Waals surface area contributed by atoms with Crippen LogP contribution in [0.3, 0.4) is 0 Å². The van der Waals surface area contributed by atoms with Gasteiger partial charge in [0.25, 0.3) is 15.9 Å². The molecule has 1 amide bonds. The molecule has 0 aliphatic carbocycles. The normalized spacial score (nSPS) is 12.1. The summed E-state index contributed by atoms with van der Waals surface area (Å²) in [4.78, 5) is 13.5. The summed E-state index contributed by atoms with van der Waals surface area (Å²) in [6, 6.07) is 27.1. The number of carbonyl (C=O) groups is 1. The number of methoxy groups -OCH3 is 1. The van der Waals surface area contributed by atoms with Crippen LogP contribution < -0.4 is 23.8 Å². The number of benzene rings is 4. The van der Waals surface area contributed by atoms with E-state index >= 15 is 0 Å². The van der Waals surface area contributed by atoms with Gasteiger partial charge in [0, 0.05) is 11.8 Å². The monoisotopic (exact) mass is 516 g/mol. The van der Waals surface area contributed by atoms with Crippen molar-refractivity contribution in [1.82, 2.24) is 0 Å². The Morgan fingerprint density at radius 2 is 1.59 bits per heavy atom. The molecule has 0 spiro atoms. The van der Waals surface area contributed by atoms with Crippen molar-refractivity contribution in [2.45, 2.75) is 11.4 Å². The predicted molar refractivity (Wildman–Crippen MR) is 140 cm³/mol. The number of para-hydroxylation sites is 1. The molecule has 1 N–H and O–H groups in total. The van der Waals surface area contributed by atoms with Crippen LogP contribution in [-0.4, -0.2) is 28.2 Å². The van der Waals surface area contributed by atoms with E-state index in [1.807, 2.05) is 30.3 Å². The van der Waals surface area contributed by atoms with E-state index in [1.54, 1.807) is 54.6 Å². The van der Waals surface area contributed by atoms with Gasteiger partial charge in [-0.15, -0.1) is 0 Å². The quantitative estimate of drug-likeness (QED) is 0.351. The van der Waals surface area contributed by atoms with E-state index in [4.69, 9.17) is 14.2 Å². The number of nitrogens with zero attached hydrogens (tertiary/aromatic N) is 1. The lowest BCUT2D eigenvalue weighted by Crippen LogP contribution is -2.32. The number of rotatable bonds is 8. The minimum Gasteiger partial charge on any atom is -0.497 e. The number of hydrogen-bond acceptors (Lipinski definition) is 6. The Labute approximate surface area is 215 Å². The van der Waals surface area contributed by atoms with Gasteiger partial charge in [-0.2, -0.15) is 0 Å². The first-order valence-corrected chi connectivity index (χ1v) is 12.9. The van der Waals surface area contributed by atoms with Crippen molar-refractivity contribution < 1.29 is 27.4 Å². The highest BCUT2D eigenvalue weighted by atomic mass is 32.2. The highest BCUT2D eigenvalue weighted by Gasteiger charge is 2.29. The van der Waals surface area contributed by atoms with Crippen LogP contribution in [0.1, 0.15) is 15.9 Å². The Bertz CT molecular complexity index is 1520. The van der Waals surface area contributed by atoms with Crippen LogP contribution in [0, 0.1) is 0 Å². The largest absolute Gasteiger partial charge is 0.497 e. The molecule has 0 aromatic heterocycles. The summed E-state index contributed by atoms with van der Waals surface area (Å²) in [6.07, 6.45) is 0. The van der Waals surface area contributed by atoms with Crippen molar-refractivity contribution in [3.63, 3.8) is 0 Å². The summed E-state index contributed by atoms with van der Waals surface area (Å²) in [5.41, 5.74) is 1.72. The molecule has 188 valence electrons. The molecular weight excluding hydrogens is 492 g/mol. The van der Waals surface area contributed by atoms with Gasteiger partial charge in [0.05, 0.1) is 29.8 Å². The summed E-state index contributed by atoms with van der Waals surface area (Å²) in [6.45, 7) is 0.150. The molecular formula is C28H24N2O6S. The zero-order valence-electron chi connectivity index (χ0n) is 20.0. The molecule has 0 radical (unpaired) electrons. The predicted octanol–water partition coefficient (Wildman–Crippen LogP) is 5.07. The fraction of sp³-hybridized carbons (Fsp3) is 0.107. The van der Waals surface area contributed by atoms with Gasteiger partial charge < -0.3 is 19.5 Å². The van der Waals surface area contributed by atoms with E-state index in [0.29, 0.717) is 22.9 Å². The summed E-state index contributed by atoms with van der Waals surface area (Å²) in [5.74, 6) is 1.20. The fourth-order valence-corrected chi connectivity index (χ4v) is 5.45. The molecule has 1 aliphatic heterocycles. The maximum Gasteiger partial charge on any atom is 0.264 e. The van der Waals surface area contributed by atoms with Gasteiger partial charge in [-0.3, -0.25) is 9.10 Å². The lowest BCUT2D eigenvalue weighted by Gasteiger charge is -2.26. The van der Waals surface area contributed by atoms with Crippen LogP contribution in [0.4, 0.5) is 11.4 Å². The van der Waals surface area contributed by atoms with Crippen LogP contribution in [0.5, 0.6) is 17.2 Å². The number of hydrogen-bond donors (Lipinski definition) is 1. The average Bonchev–Trinajstić information content (AvgIpc) is 3.40. The van der Waals surface area contributed by atoms with E-state index in [2.05, 4.69) is 5.32 Å². The van der Waals surface area contributed by atoms with Crippen LogP contribution in [0.25, 0.3) is 0 Å². The van der Waals surface area contributed by atoms with E-state index < -0.39 is 15.9 Å². The highest BCUT2D eigenvalue weighted by Crippen LogP contribution is 2.35. The zero-order valence-corrected chi connectivity index (χ0v) is 20.8. The van der Waals surface area contributed by atoms with Crippen molar-refractivity contribution in [2.75, 3.05) is 23.5 Å². The summed E-state index contributed by atoms with van der Waals surface area (Å²) >= 11 is 0. The van der Waals surface area contributed by atoms with E-state index in [1.165, 1.54) is 23.5 Å². The molecule has 5 rings (SSSR count). The van der Waals surface area contributed by atoms with Gasteiger partial charge in [-0.05, 0) is 54.1 Å². The second-order valence-corrected chi connectivity index (χ2v) is 10.1. The van der Waals surface area contributed by atoms with Gasteiger partial charge >= 0.3 is 0 Å². The molecule has 4 aromatic rings. The molecule has 4 aromatic carbocycles. The number of amides is 1. The fourth-order valence-electron chi connectivity index (χ4n) is 3.98. The molecule has 1 aliphatic rings. The number of fused-ring (bicyclic) bond motifs is 1. The number of carbonyl (C=O) groups excluding carboxylic acids is 1. The van der Waals surface area contributed by atoms with Crippen LogP contribution >= 0.6 is 0 Å². The minimum atomic E-state index is -4.05. The van der Waals surface area contributed by atoms with Gasteiger partial charge in [0.2, 0.25) is 6.79 Å². The van der Waals surface area contributed by atoms with Crippen LogP contribution in [0.15, 0.2) is 102 Å². The van der Waals surface area contributed by atoms with Gasteiger partial charge in [0.1, 0.15) is 5.75 Å². The van der Waals surface area contributed by atoms with Crippen molar-refractivity contribution in [1.29, 1.82) is 0 Å². The van der Waals surface area contributed by atoms with Gasteiger partial charge in [0.15, 0.2) is 11.5 Å². The van der Waals surface area contributed by atoms with Crippen molar-refractivity contribution in [3.8, 4) is 17.2 Å². The Morgan fingerprint density at radius 3 is 2.35 bits per heavy atom. The van der Waals surface area contributed by atoms with Crippen LogP contribution in [-0.2, 0) is 16.6 Å². The molecule has 37 heavy (non-hydrogen) atoms. The first-order chi connectivity index (χ1) is 18.0. The Morgan fingerprint density at radius 1 is 0.892 bits per heavy atom. The molecule has 0 atom stereocenters. The Hall–Kier alpha value is -4.50. The number of nitrogens with one attached hydrogen (secondary N) is 1. The third-order valence-corrected chi connectivity index (χ3v) is 7.64. The number of ether oxygens (including phenoxy) is 3. The van der Waals surface area contributed by atoms with E-state index in [-0.39, 0.29) is 29.5 Å². The Kier molecular flexibility index (Phi) is 6.70. The van der Waals surface area contributed by atoms with E-state index in [0.717, 1.165) is 5.56 Å².